The molecule has 2 aliphatic rings. The Morgan fingerprint density at radius 2 is 1.94 bits per heavy atom. The molecule has 8 heteroatoms. The van der Waals surface area contributed by atoms with E-state index in [0.717, 1.165) is 42.8 Å². The summed E-state index contributed by atoms with van der Waals surface area (Å²) < 4.78 is 20.5. The van der Waals surface area contributed by atoms with Gasteiger partial charge in [0.2, 0.25) is 0 Å². The fraction of sp³-hybridized carbons (Fsp3) is 0.500. The van der Waals surface area contributed by atoms with Gasteiger partial charge in [-0.15, -0.1) is 0 Å². The molecule has 0 radical (unpaired) electrons. The molecular weight excluding hydrogens is 478 g/mol. The number of benzene rings is 2. The number of halogens is 3. The third-order valence-corrected chi connectivity index (χ3v) is 7.70. The van der Waals surface area contributed by atoms with Crippen molar-refractivity contribution < 1.29 is 19.0 Å². The Kier molecular flexibility index (Phi) is 8.35. The third-order valence-electron chi connectivity index (χ3n) is 7.04. The molecule has 1 aliphatic heterocycles. The van der Waals surface area contributed by atoms with Gasteiger partial charge in [0.05, 0.1) is 5.02 Å². The van der Waals surface area contributed by atoms with Crippen LogP contribution in [0.2, 0.25) is 10.0 Å². The van der Waals surface area contributed by atoms with Crippen LogP contribution in [0.1, 0.15) is 54.7 Å². The van der Waals surface area contributed by atoms with Gasteiger partial charge in [0.1, 0.15) is 23.7 Å². The molecule has 2 atom stereocenters. The van der Waals surface area contributed by atoms with Gasteiger partial charge in [-0.3, -0.25) is 4.79 Å². The first kappa shape index (κ1) is 25.2. The smallest absolute Gasteiger partial charge is 0.320 e. The van der Waals surface area contributed by atoms with Gasteiger partial charge in [-0.05, 0) is 85.9 Å². The first-order chi connectivity index (χ1) is 16.3. The number of hydrogen-bond acceptors (Lipinski definition) is 4. The van der Waals surface area contributed by atoms with Gasteiger partial charge in [-0.25, -0.2) is 4.39 Å². The maximum atomic E-state index is 14.6. The topological polar surface area (TPSA) is 70.6 Å². The van der Waals surface area contributed by atoms with Crippen molar-refractivity contribution in [1.82, 2.24) is 10.6 Å². The summed E-state index contributed by atoms with van der Waals surface area (Å²) in [5, 5.41) is 16.2. The molecule has 0 aromatic heterocycles. The zero-order chi connectivity index (χ0) is 24.2. The zero-order valence-electron chi connectivity index (χ0n) is 19.3. The van der Waals surface area contributed by atoms with Crippen LogP contribution in [0.15, 0.2) is 30.3 Å². The van der Waals surface area contributed by atoms with E-state index in [2.05, 4.69) is 22.8 Å². The van der Waals surface area contributed by atoms with Crippen molar-refractivity contribution in [1.29, 1.82) is 0 Å². The van der Waals surface area contributed by atoms with Gasteiger partial charge in [0.25, 0.3) is 0 Å². The SMILES string of the molecule is CNCc1ccc(Cl)cc1[C@H]1CC[C@H](Cc2cc(O[C@@H]3CN[C@H](C(=O)O)C3)cc(F)c2Cl)CC1. The summed E-state index contributed by atoms with van der Waals surface area (Å²) in [5.74, 6) is -0.115. The normalized spacial score (nSPS) is 24.8. The van der Waals surface area contributed by atoms with Gasteiger partial charge < -0.3 is 20.5 Å². The maximum Gasteiger partial charge on any atom is 0.320 e. The van der Waals surface area contributed by atoms with Gasteiger partial charge in [0.15, 0.2) is 0 Å². The monoisotopic (exact) mass is 508 g/mol. The molecule has 1 saturated carbocycles. The van der Waals surface area contributed by atoms with E-state index in [0.29, 0.717) is 37.0 Å². The standard InChI is InChI=1S/C26H31Cl2FN2O3/c1-30-13-17-6-7-19(27)10-22(17)16-4-2-15(3-5-16)8-18-9-20(11-23(29)25(18)28)34-21-12-24(26(32)33)31-14-21/h6-7,9-11,15-16,21,24,30-31H,2-5,8,12-14H2,1H3,(H,32,33)/t15-,16-,21-,24-/m0/s1. The Bertz CT molecular complexity index is 1030. The lowest BCUT2D eigenvalue weighted by molar-refractivity contribution is -0.139. The number of carboxylic acid groups (broad SMARTS) is 1. The third kappa shape index (κ3) is 6.03. The maximum absolute atomic E-state index is 14.6. The largest absolute Gasteiger partial charge is 0.489 e. The summed E-state index contributed by atoms with van der Waals surface area (Å²) in [6.45, 7) is 1.23. The highest BCUT2D eigenvalue weighted by molar-refractivity contribution is 6.31. The van der Waals surface area contributed by atoms with Crippen molar-refractivity contribution in [2.24, 2.45) is 5.92 Å². The van der Waals surface area contributed by atoms with Crippen LogP contribution >= 0.6 is 23.2 Å². The van der Waals surface area contributed by atoms with Crippen LogP contribution < -0.4 is 15.4 Å². The number of ether oxygens (including phenoxy) is 1. The highest BCUT2D eigenvalue weighted by Crippen LogP contribution is 2.40. The second kappa shape index (κ2) is 11.3. The molecule has 3 N–H and O–H groups in total. The summed E-state index contributed by atoms with van der Waals surface area (Å²) in [4.78, 5) is 11.2. The summed E-state index contributed by atoms with van der Waals surface area (Å²) in [5.41, 5.74) is 3.36. The molecule has 1 saturated heterocycles. The quantitative estimate of drug-likeness (QED) is 0.435. The van der Waals surface area contributed by atoms with Crippen LogP contribution in [0.4, 0.5) is 4.39 Å². The second-order valence-electron chi connectivity index (χ2n) is 9.45. The van der Waals surface area contributed by atoms with Crippen LogP contribution in [0.25, 0.3) is 0 Å². The number of carbonyl (C=O) groups is 1. The lowest BCUT2D eigenvalue weighted by Crippen LogP contribution is -2.30. The molecule has 1 heterocycles. The molecule has 1 aliphatic carbocycles. The summed E-state index contributed by atoms with van der Waals surface area (Å²) in [6.07, 6.45) is 4.91. The molecular formula is C26H31Cl2FN2O3. The summed E-state index contributed by atoms with van der Waals surface area (Å²) >= 11 is 12.6. The van der Waals surface area contributed by atoms with E-state index >= 15 is 0 Å². The van der Waals surface area contributed by atoms with Crippen molar-refractivity contribution in [2.75, 3.05) is 13.6 Å². The number of carboxylic acids is 1. The molecule has 0 bridgehead atoms. The highest BCUT2D eigenvalue weighted by Gasteiger charge is 2.31. The molecule has 0 unspecified atom stereocenters. The number of aliphatic carboxylic acids is 1. The average Bonchev–Trinajstić information content (AvgIpc) is 3.28. The molecule has 0 spiro atoms. The van der Waals surface area contributed by atoms with Gasteiger partial charge in [0, 0.05) is 30.6 Å². The van der Waals surface area contributed by atoms with Crippen LogP contribution in [0.3, 0.4) is 0 Å². The first-order valence-electron chi connectivity index (χ1n) is 11.9. The van der Waals surface area contributed by atoms with Crippen LogP contribution in [-0.2, 0) is 17.8 Å². The zero-order valence-corrected chi connectivity index (χ0v) is 20.8. The summed E-state index contributed by atoms with van der Waals surface area (Å²) in [6, 6.07) is 8.61. The fourth-order valence-electron chi connectivity index (χ4n) is 5.29. The molecule has 5 nitrogen and oxygen atoms in total. The van der Waals surface area contributed by atoms with Crippen LogP contribution in [0.5, 0.6) is 5.75 Å². The molecule has 2 fully saturated rings. The van der Waals surface area contributed by atoms with E-state index in [1.54, 1.807) is 0 Å². The molecule has 4 rings (SSSR count). The Morgan fingerprint density at radius 3 is 2.62 bits per heavy atom. The van der Waals surface area contributed by atoms with Gasteiger partial charge >= 0.3 is 5.97 Å². The highest BCUT2D eigenvalue weighted by atomic mass is 35.5. The lowest BCUT2D eigenvalue weighted by atomic mass is 9.75. The minimum Gasteiger partial charge on any atom is -0.489 e. The fourth-order valence-corrected chi connectivity index (χ4v) is 5.66. The first-order valence-corrected chi connectivity index (χ1v) is 12.6. The van der Waals surface area contributed by atoms with E-state index in [4.69, 9.17) is 33.0 Å². The average molecular weight is 509 g/mol. The van der Waals surface area contributed by atoms with E-state index < -0.39 is 17.8 Å². The number of nitrogens with one attached hydrogen (secondary N) is 2. The Balaban J connectivity index is 1.39. The van der Waals surface area contributed by atoms with Crippen molar-refractivity contribution in [3.05, 3.63) is 62.9 Å². The van der Waals surface area contributed by atoms with Gasteiger partial charge in [-0.2, -0.15) is 0 Å². The Hall–Kier alpha value is -1.86. The van der Waals surface area contributed by atoms with E-state index in [1.807, 2.05) is 19.2 Å². The predicted molar refractivity (Wildman–Crippen MR) is 132 cm³/mol. The molecule has 184 valence electrons. The van der Waals surface area contributed by atoms with E-state index in [-0.39, 0.29) is 11.1 Å². The van der Waals surface area contributed by atoms with Gasteiger partial charge in [-0.1, -0.05) is 29.3 Å². The second-order valence-corrected chi connectivity index (χ2v) is 10.3. The Labute approximate surface area is 210 Å². The van der Waals surface area contributed by atoms with E-state index in [9.17, 15) is 9.18 Å². The van der Waals surface area contributed by atoms with Crippen molar-refractivity contribution in [3.63, 3.8) is 0 Å². The summed E-state index contributed by atoms with van der Waals surface area (Å²) in [7, 11) is 1.95. The van der Waals surface area contributed by atoms with Crippen molar-refractivity contribution in [3.8, 4) is 5.75 Å². The van der Waals surface area contributed by atoms with Crippen molar-refractivity contribution in [2.45, 2.75) is 63.1 Å². The lowest BCUT2D eigenvalue weighted by Gasteiger charge is -2.30. The number of rotatable bonds is 8. The van der Waals surface area contributed by atoms with E-state index in [1.165, 1.54) is 17.2 Å². The van der Waals surface area contributed by atoms with Crippen LogP contribution in [0, 0.1) is 11.7 Å². The van der Waals surface area contributed by atoms with Crippen LogP contribution in [-0.4, -0.2) is 36.8 Å². The number of hydrogen-bond donors (Lipinski definition) is 3. The Morgan fingerprint density at radius 1 is 1.18 bits per heavy atom. The predicted octanol–water partition coefficient (Wildman–Crippen LogP) is 5.56. The molecule has 0 amide bonds. The molecule has 2 aromatic rings. The minimum atomic E-state index is -0.902. The minimum absolute atomic E-state index is 0.147. The molecule has 2 aromatic carbocycles. The molecule has 34 heavy (non-hydrogen) atoms. The van der Waals surface area contributed by atoms with Crippen molar-refractivity contribution >= 4 is 29.2 Å².